The lowest BCUT2D eigenvalue weighted by Gasteiger charge is -2.35. The maximum atomic E-state index is 14.2. The lowest BCUT2D eigenvalue weighted by molar-refractivity contribution is -0.144. The number of thiazole rings is 1. The van der Waals surface area contributed by atoms with Gasteiger partial charge in [-0.1, -0.05) is 57.2 Å². The summed E-state index contributed by atoms with van der Waals surface area (Å²) in [6.45, 7) is 12.4. The number of carbonyl (C=O) groups is 4. The second kappa shape index (κ2) is 22.1. The van der Waals surface area contributed by atoms with E-state index >= 15 is 0 Å². The van der Waals surface area contributed by atoms with Gasteiger partial charge in [0.15, 0.2) is 0 Å². The van der Waals surface area contributed by atoms with Gasteiger partial charge in [-0.2, -0.15) is 5.10 Å². The smallest absolute Gasteiger partial charge is 0.274 e. The van der Waals surface area contributed by atoms with Crippen molar-refractivity contribution in [3.05, 3.63) is 114 Å². The van der Waals surface area contributed by atoms with Gasteiger partial charge in [-0.25, -0.2) is 9.97 Å². The Morgan fingerprint density at radius 3 is 2.41 bits per heavy atom. The fourth-order valence-electron chi connectivity index (χ4n) is 8.78. The van der Waals surface area contributed by atoms with Crippen LogP contribution in [-0.4, -0.2) is 119 Å². The first-order chi connectivity index (χ1) is 33.7. The molecule has 0 saturated carbocycles. The SMILES string of the molecule is COc1cc(-c2cc(OCCCC(=O)N[C@H](C(=O)N3CCC[C@H]3C(=O)NCc3ccc(-c4scnc4C)cc3)C(C)(C)C)cc(N3CCN(C)CC3)c2)ccc1NC(=O)c1cccc(-c2ccn[nH]2)n1. The summed E-state index contributed by atoms with van der Waals surface area (Å²) < 4.78 is 12.2. The fourth-order valence-corrected chi connectivity index (χ4v) is 9.60. The molecule has 16 nitrogen and oxygen atoms in total. The van der Waals surface area contributed by atoms with Crippen LogP contribution in [0.15, 0.2) is 96.6 Å². The van der Waals surface area contributed by atoms with E-state index in [1.165, 1.54) is 0 Å². The molecule has 2 fully saturated rings. The monoisotopic (exact) mass is 966 g/mol. The number of nitrogens with one attached hydrogen (secondary N) is 4. The summed E-state index contributed by atoms with van der Waals surface area (Å²) in [7, 11) is 3.68. The molecule has 366 valence electrons. The number of pyridine rings is 1. The molecule has 0 unspecified atom stereocenters. The Morgan fingerprint density at radius 2 is 1.70 bits per heavy atom. The number of likely N-dealkylation sites (N-methyl/N-ethyl adjacent to an activating group) is 1. The van der Waals surface area contributed by atoms with Crippen LogP contribution in [0.5, 0.6) is 11.5 Å². The number of ether oxygens (including phenoxy) is 2. The number of aromatic amines is 1. The Labute approximate surface area is 413 Å². The van der Waals surface area contributed by atoms with Crippen molar-refractivity contribution in [2.45, 2.75) is 72.0 Å². The van der Waals surface area contributed by atoms with Crippen molar-refractivity contribution in [2.24, 2.45) is 5.41 Å². The third-order valence-electron chi connectivity index (χ3n) is 12.8. The van der Waals surface area contributed by atoms with Gasteiger partial charge in [0.05, 0.1) is 46.9 Å². The number of carbonyl (C=O) groups excluding carboxylic acids is 4. The quantitative estimate of drug-likeness (QED) is 0.0661. The summed E-state index contributed by atoms with van der Waals surface area (Å²) in [6, 6.07) is 25.4. The molecule has 6 aromatic rings. The molecule has 3 aromatic carbocycles. The van der Waals surface area contributed by atoms with Crippen LogP contribution >= 0.6 is 11.3 Å². The van der Waals surface area contributed by atoms with Crippen LogP contribution in [0.4, 0.5) is 11.4 Å². The van der Waals surface area contributed by atoms with Gasteiger partial charge in [-0.3, -0.25) is 24.3 Å². The number of amides is 4. The average molecular weight is 967 g/mol. The minimum absolute atomic E-state index is 0.142. The summed E-state index contributed by atoms with van der Waals surface area (Å²) >= 11 is 1.60. The predicted octanol–water partition coefficient (Wildman–Crippen LogP) is 7.58. The molecule has 2 aliphatic heterocycles. The van der Waals surface area contributed by atoms with Gasteiger partial charge in [0, 0.05) is 63.6 Å². The number of hydrogen-bond donors (Lipinski definition) is 4. The van der Waals surface area contributed by atoms with Gasteiger partial charge >= 0.3 is 0 Å². The first kappa shape index (κ1) is 49.3. The molecule has 70 heavy (non-hydrogen) atoms. The second-order valence-electron chi connectivity index (χ2n) is 18.9. The minimum atomic E-state index is -0.827. The Kier molecular flexibility index (Phi) is 15.6. The number of nitrogens with zero attached hydrogens (tertiary/aromatic N) is 6. The normalized spacial score (nSPS) is 15.6. The average Bonchev–Trinajstić information content (AvgIpc) is 4.18. The molecule has 0 radical (unpaired) electrons. The van der Waals surface area contributed by atoms with Crippen LogP contribution in [0.25, 0.3) is 33.0 Å². The number of anilines is 2. The number of methoxy groups -OCH3 is 1. The third kappa shape index (κ3) is 12.0. The van der Waals surface area contributed by atoms with Gasteiger partial charge in [0.1, 0.15) is 29.3 Å². The zero-order valence-electron chi connectivity index (χ0n) is 40.7. The van der Waals surface area contributed by atoms with Crippen molar-refractivity contribution in [1.29, 1.82) is 0 Å². The topological polar surface area (TPSA) is 187 Å². The van der Waals surface area contributed by atoms with E-state index in [-0.39, 0.29) is 42.4 Å². The molecule has 4 N–H and O–H groups in total. The van der Waals surface area contributed by atoms with Crippen molar-refractivity contribution in [3.63, 3.8) is 0 Å². The first-order valence-electron chi connectivity index (χ1n) is 23.8. The first-order valence-corrected chi connectivity index (χ1v) is 24.7. The lowest BCUT2D eigenvalue weighted by Crippen LogP contribution is -2.57. The Morgan fingerprint density at radius 1 is 0.914 bits per heavy atom. The number of aromatic nitrogens is 4. The Balaban J connectivity index is 0.886. The molecule has 0 bridgehead atoms. The number of piperazine rings is 1. The zero-order valence-corrected chi connectivity index (χ0v) is 41.5. The summed E-state index contributed by atoms with van der Waals surface area (Å²) in [5.74, 6) is 0.0207. The molecule has 2 saturated heterocycles. The largest absolute Gasteiger partial charge is 0.495 e. The summed E-state index contributed by atoms with van der Waals surface area (Å²) in [4.78, 5) is 71.0. The molecular formula is C53H62N10O6S. The van der Waals surface area contributed by atoms with E-state index in [0.717, 1.165) is 64.7 Å². The van der Waals surface area contributed by atoms with E-state index in [1.807, 2.05) is 87.8 Å². The van der Waals surface area contributed by atoms with E-state index in [1.54, 1.807) is 53.8 Å². The maximum absolute atomic E-state index is 14.2. The molecule has 17 heteroatoms. The number of rotatable bonds is 17. The van der Waals surface area contributed by atoms with Crippen molar-refractivity contribution >= 4 is 46.3 Å². The highest BCUT2D eigenvalue weighted by atomic mass is 32.1. The molecule has 5 heterocycles. The molecule has 4 amide bonds. The molecular weight excluding hydrogens is 905 g/mol. The lowest BCUT2D eigenvalue weighted by atomic mass is 9.85. The van der Waals surface area contributed by atoms with Crippen molar-refractivity contribution in [1.82, 2.24) is 40.6 Å². The second-order valence-corrected chi connectivity index (χ2v) is 19.8. The summed E-state index contributed by atoms with van der Waals surface area (Å²) in [5.41, 5.74) is 9.06. The number of hydrogen-bond acceptors (Lipinski definition) is 12. The van der Waals surface area contributed by atoms with Crippen molar-refractivity contribution in [3.8, 4) is 44.5 Å². The number of H-pyrrole nitrogens is 1. The van der Waals surface area contributed by atoms with E-state index in [2.05, 4.69) is 59.0 Å². The summed E-state index contributed by atoms with van der Waals surface area (Å²) in [6.07, 6.45) is 3.44. The van der Waals surface area contributed by atoms with Crippen molar-refractivity contribution < 1.29 is 28.7 Å². The molecule has 2 aliphatic rings. The van der Waals surface area contributed by atoms with Gasteiger partial charge in [0.25, 0.3) is 5.91 Å². The van der Waals surface area contributed by atoms with E-state index in [0.29, 0.717) is 60.9 Å². The molecule has 8 rings (SSSR count). The van der Waals surface area contributed by atoms with Crippen LogP contribution in [0.2, 0.25) is 0 Å². The van der Waals surface area contributed by atoms with Crippen LogP contribution in [-0.2, 0) is 20.9 Å². The molecule has 0 spiro atoms. The van der Waals surface area contributed by atoms with Crippen LogP contribution in [0, 0.1) is 12.3 Å². The third-order valence-corrected chi connectivity index (χ3v) is 13.8. The molecule has 0 aliphatic carbocycles. The van der Waals surface area contributed by atoms with E-state index in [9.17, 15) is 19.2 Å². The number of likely N-dealkylation sites (tertiary alicyclic amines) is 1. The Hall–Kier alpha value is -7.11. The van der Waals surface area contributed by atoms with E-state index in [4.69, 9.17) is 9.47 Å². The number of aryl methyl sites for hydroxylation is 1. The highest BCUT2D eigenvalue weighted by Gasteiger charge is 2.41. The maximum Gasteiger partial charge on any atom is 0.274 e. The zero-order chi connectivity index (χ0) is 49.4. The standard InChI is InChI=1S/C53H62N10O6S/c1-34-48(70-33-55-34)36-16-14-35(15-17-36)32-54-51(66)45-12-8-22-63(45)52(67)49(53(2,3)4)59-47(64)13-9-27-69-40-29-38(28-39(31-40)62-25-23-61(5)24-26-62)37-18-19-43(46(30-37)68-6)58-50(65)44-11-7-10-41(57-44)42-20-21-56-60-42/h7,10-11,14-21,28-31,33,45,49H,8-9,12-13,22-27,32H2,1-6H3,(H,54,66)(H,56,60)(H,58,65)(H,59,64)/t45-,49+/m0/s1. The number of benzene rings is 3. The predicted molar refractivity (Wildman–Crippen MR) is 273 cm³/mol. The van der Waals surface area contributed by atoms with Gasteiger partial charge in [-0.15, -0.1) is 11.3 Å². The van der Waals surface area contributed by atoms with Crippen LogP contribution in [0.3, 0.4) is 0 Å². The Bertz CT molecular complexity index is 2780. The van der Waals surface area contributed by atoms with Crippen LogP contribution in [0.1, 0.15) is 68.2 Å². The van der Waals surface area contributed by atoms with Gasteiger partial charge < -0.3 is 40.1 Å². The minimum Gasteiger partial charge on any atom is -0.495 e. The van der Waals surface area contributed by atoms with E-state index < -0.39 is 17.5 Å². The fraction of sp³-hybridized carbons (Fsp3) is 0.377. The highest BCUT2D eigenvalue weighted by Crippen LogP contribution is 2.36. The highest BCUT2D eigenvalue weighted by molar-refractivity contribution is 7.13. The molecule has 2 atom stereocenters. The van der Waals surface area contributed by atoms with Gasteiger partial charge in [0.2, 0.25) is 17.7 Å². The van der Waals surface area contributed by atoms with Crippen LogP contribution < -0.4 is 30.3 Å². The van der Waals surface area contributed by atoms with Gasteiger partial charge in [-0.05, 0) is 103 Å². The molecule has 3 aromatic heterocycles. The summed E-state index contributed by atoms with van der Waals surface area (Å²) in [5, 5.41) is 15.9. The van der Waals surface area contributed by atoms with Crippen molar-refractivity contribution in [2.75, 3.05) is 63.7 Å².